The molecule has 0 radical (unpaired) electrons. The molecular weight excluding hydrogens is 202 g/mol. The summed E-state index contributed by atoms with van der Waals surface area (Å²) < 4.78 is 4.77. The molecule has 0 aliphatic carbocycles. The number of primary amides is 1. The van der Waals surface area contributed by atoms with Crippen molar-refractivity contribution in [1.29, 1.82) is 0 Å². The van der Waals surface area contributed by atoms with Crippen LogP contribution in [0.25, 0.3) is 0 Å². The Labute approximate surface area is 85.4 Å². The molecule has 0 aromatic carbocycles. The summed E-state index contributed by atoms with van der Waals surface area (Å²) in [5.74, 6) is -0.339. The number of aliphatic hydroxyl groups excluding tert-OH is 1. The van der Waals surface area contributed by atoms with Gasteiger partial charge in [-0.05, 0) is 0 Å². The molecule has 1 aromatic heterocycles. The van der Waals surface area contributed by atoms with Gasteiger partial charge in [-0.1, -0.05) is 5.16 Å². The fourth-order valence-electron chi connectivity index (χ4n) is 0.934. The molecule has 0 saturated carbocycles. The predicted octanol–water partition coefficient (Wildman–Crippen LogP) is -2.06. The minimum Gasteiger partial charge on any atom is -0.394 e. The Hall–Kier alpha value is -1.51. The number of hydrogen-bond acceptors (Lipinski definition) is 7. The van der Waals surface area contributed by atoms with Gasteiger partial charge in [0.15, 0.2) is 5.82 Å². The highest BCUT2D eigenvalue weighted by molar-refractivity contribution is 5.74. The standard InChI is InChI=1S/C7H13N5O3/c8-3(1-5(10)14)7-11-6(12-15-7)4(9)2-13/h3-4,13H,1-2,8-9H2,(H2,10,14)/t3-,4-/m0/s1. The number of amides is 1. The van der Waals surface area contributed by atoms with E-state index >= 15 is 0 Å². The van der Waals surface area contributed by atoms with Gasteiger partial charge in [0.05, 0.1) is 25.1 Å². The van der Waals surface area contributed by atoms with Crippen molar-refractivity contribution in [1.82, 2.24) is 10.1 Å². The Kier molecular flexibility index (Phi) is 3.72. The van der Waals surface area contributed by atoms with Gasteiger partial charge < -0.3 is 26.8 Å². The van der Waals surface area contributed by atoms with Gasteiger partial charge in [0.1, 0.15) is 0 Å². The monoisotopic (exact) mass is 215 g/mol. The van der Waals surface area contributed by atoms with Crippen LogP contribution in [-0.4, -0.2) is 27.8 Å². The van der Waals surface area contributed by atoms with Crippen LogP contribution in [0.3, 0.4) is 0 Å². The maximum atomic E-state index is 10.6. The van der Waals surface area contributed by atoms with E-state index in [2.05, 4.69) is 10.1 Å². The molecule has 0 spiro atoms. The quantitative estimate of drug-likeness (QED) is 0.440. The number of carbonyl (C=O) groups is 1. The zero-order valence-corrected chi connectivity index (χ0v) is 7.96. The molecule has 0 unspecified atom stereocenters. The number of rotatable bonds is 5. The van der Waals surface area contributed by atoms with Crippen LogP contribution < -0.4 is 17.2 Å². The van der Waals surface area contributed by atoms with Crippen molar-refractivity contribution in [3.05, 3.63) is 11.7 Å². The highest BCUT2D eigenvalue weighted by Crippen LogP contribution is 2.13. The second kappa shape index (κ2) is 4.82. The number of aromatic nitrogens is 2. The summed E-state index contributed by atoms with van der Waals surface area (Å²) in [6.45, 7) is -0.302. The zero-order valence-electron chi connectivity index (χ0n) is 7.96. The number of carbonyl (C=O) groups excluding carboxylic acids is 1. The van der Waals surface area contributed by atoms with E-state index in [1.54, 1.807) is 0 Å². The summed E-state index contributed by atoms with van der Waals surface area (Å²) in [6.07, 6.45) is -0.0873. The lowest BCUT2D eigenvalue weighted by atomic mass is 10.2. The van der Waals surface area contributed by atoms with Crippen LogP contribution in [-0.2, 0) is 4.79 Å². The lowest BCUT2D eigenvalue weighted by Gasteiger charge is -2.02. The molecule has 15 heavy (non-hydrogen) atoms. The molecule has 0 aliphatic heterocycles. The summed E-state index contributed by atoms with van der Waals surface area (Å²) >= 11 is 0. The van der Waals surface area contributed by atoms with Gasteiger partial charge in [0.25, 0.3) is 0 Å². The van der Waals surface area contributed by atoms with Crippen molar-refractivity contribution < 1.29 is 14.4 Å². The minimum absolute atomic E-state index is 0.0766. The molecule has 0 fully saturated rings. The van der Waals surface area contributed by atoms with Gasteiger partial charge >= 0.3 is 0 Å². The van der Waals surface area contributed by atoms with Gasteiger partial charge in [-0.2, -0.15) is 4.98 Å². The summed E-state index contributed by atoms with van der Waals surface area (Å²) in [5, 5.41) is 12.2. The van der Waals surface area contributed by atoms with E-state index in [1.807, 2.05) is 0 Å². The molecule has 0 saturated heterocycles. The highest BCUT2D eigenvalue weighted by Gasteiger charge is 2.19. The van der Waals surface area contributed by atoms with E-state index in [0.29, 0.717) is 0 Å². The summed E-state index contributed by atoms with van der Waals surface area (Å²) in [5.41, 5.74) is 15.9. The SMILES string of the molecule is NC(=O)C[C@H](N)c1nc([C@@H](N)CO)no1. The minimum atomic E-state index is -0.741. The van der Waals surface area contributed by atoms with E-state index in [4.69, 9.17) is 26.8 Å². The predicted molar refractivity (Wildman–Crippen MR) is 49.1 cm³/mol. The van der Waals surface area contributed by atoms with Crippen LogP contribution in [0.4, 0.5) is 0 Å². The van der Waals surface area contributed by atoms with E-state index in [9.17, 15) is 4.79 Å². The van der Waals surface area contributed by atoms with Crippen LogP contribution in [0.5, 0.6) is 0 Å². The first kappa shape index (κ1) is 11.6. The molecule has 2 atom stereocenters. The lowest BCUT2D eigenvalue weighted by Crippen LogP contribution is -2.21. The van der Waals surface area contributed by atoms with Gasteiger partial charge in [0.2, 0.25) is 11.8 Å². The Morgan fingerprint density at radius 3 is 2.67 bits per heavy atom. The normalized spacial score (nSPS) is 14.9. The molecule has 1 rings (SSSR count). The summed E-state index contributed by atoms with van der Waals surface area (Å²) in [4.78, 5) is 14.4. The molecular formula is C7H13N5O3. The zero-order chi connectivity index (χ0) is 11.4. The van der Waals surface area contributed by atoms with Crippen molar-refractivity contribution >= 4 is 5.91 Å². The second-order valence-electron chi connectivity index (χ2n) is 3.06. The first-order valence-corrected chi connectivity index (χ1v) is 4.28. The number of hydrogen-bond donors (Lipinski definition) is 4. The van der Waals surface area contributed by atoms with Crippen molar-refractivity contribution in [2.75, 3.05) is 6.61 Å². The van der Waals surface area contributed by atoms with Crippen molar-refractivity contribution in [3.63, 3.8) is 0 Å². The number of nitrogens with zero attached hydrogens (tertiary/aromatic N) is 2. The average molecular weight is 215 g/mol. The van der Waals surface area contributed by atoms with Crippen LogP contribution in [0, 0.1) is 0 Å². The van der Waals surface area contributed by atoms with Gasteiger partial charge in [-0.25, -0.2) is 0 Å². The smallest absolute Gasteiger partial charge is 0.244 e. The van der Waals surface area contributed by atoms with Gasteiger partial charge in [-0.15, -0.1) is 0 Å². The second-order valence-corrected chi connectivity index (χ2v) is 3.06. The van der Waals surface area contributed by atoms with E-state index in [0.717, 1.165) is 0 Å². The van der Waals surface area contributed by atoms with Crippen molar-refractivity contribution in [2.45, 2.75) is 18.5 Å². The number of nitrogens with two attached hydrogens (primary N) is 3. The first-order chi connectivity index (χ1) is 7.04. The summed E-state index contributed by atoms with van der Waals surface area (Å²) in [7, 11) is 0. The molecule has 1 heterocycles. The van der Waals surface area contributed by atoms with Crippen LogP contribution in [0.15, 0.2) is 4.52 Å². The Morgan fingerprint density at radius 1 is 1.47 bits per heavy atom. The molecule has 8 nitrogen and oxygen atoms in total. The molecule has 8 heteroatoms. The average Bonchev–Trinajstić information content (AvgIpc) is 2.64. The number of aliphatic hydroxyl groups is 1. The molecule has 0 aliphatic rings. The molecule has 84 valence electrons. The van der Waals surface area contributed by atoms with E-state index < -0.39 is 18.0 Å². The van der Waals surface area contributed by atoms with Gasteiger partial charge in [0, 0.05) is 0 Å². The largest absolute Gasteiger partial charge is 0.394 e. The lowest BCUT2D eigenvalue weighted by molar-refractivity contribution is -0.118. The Morgan fingerprint density at radius 2 is 2.13 bits per heavy atom. The van der Waals surface area contributed by atoms with Crippen LogP contribution >= 0.6 is 0 Å². The van der Waals surface area contributed by atoms with Crippen molar-refractivity contribution in [2.24, 2.45) is 17.2 Å². The molecule has 7 N–H and O–H groups in total. The van der Waals surface area contributed by atoms with Crippen LogP contribution in [0.1, 0.15) is 30.2 Å². The Balaban J connectivity index is 2.70. The first-order valence-electron chi connectivity index (χ1n) is 4.28. The highest BCUT2D eigenvalue weighted by atomic mass is 16.5. The molecule has 1 amide bonds. The third-order valence-corrected chi connectivity index (χ3v) is 1.72. The fourth-order valence-corrected chi connectivity index (χ4v) is 0.934. The van der Waals surface area contributed by atoms with Crippen LogP contribution in [0.2, 0.25) is 0 Å². The molecule has 1 aromatic rings. The maximum absolute atomic E-state index is 10.6. The van der Waals surface area contributed by atoms with E-state index in [-0.39, 0.29) is 24.7 Å². The Bertz CT molecular complexity index is 339. The maximum Gasteiger partial charge on any atom is 0.244 e. The molecule has 0 bridgehead atoms. The van der Waals surface area contributed by atoms with Crippen molar-refractivity contribution in [3.8, 4) is 0 Å². The van der Waals surface area contributed by atoms with Gasteiger partial charge in [-0.3, -0.25) is 4.79 Å². The van der Waals surface area contributed by atoms with E-state index in [1.165, 1.54) is 0 Å². The third kappa shape index (κ3) is 2.98. The summed E-state index contributed by atoms with van der Waals surface area (Å²) in [6, 6.07) is -1.46. The topological polar surface area (TPSA) is 154 Å². The third-order valence-electron chi connectivity index (χ3n) is 1.72. The fraction of sp³-hybridized carbons (Fsp3) is 0.571.